The van der Waals surface area contributed by atoms with E-state index in [4.69, 9.17) is 4.74 Å². The molecule has 0 spiro atoms. The Balaban J connectivity index is 2.32. The fourth-order valence-electron chi connectivity index (χ4n) is 1.35. The van der Waals surface area contributed by atoms with E-state index in [-0.39, 0.29) is 5.41 Å². The van der Waals surface area contributed by atoms with Crippen molar-refractivity contribution in [2.24, 2.45) is 10.4 Å². The van der Waals surface area contributed by atoms with Crippen LogP contribution < -0.4 is 0 Å². The average molecular weight is 230 g/mol. The third-order valence-corrected chi connectivity index (χ3v) is 2.25. The summed E-state index contributed by atoms with van der Waals surface area (Å²) < 4.78 is 5.13. The largest absolute Gasteiger partial charge is 0.406 e. The SMILES string of the molecule is CC(C)(C)C1=NC(=Cc2cccnc2)C(=O)O1. The molecule has 2 heterocycles. The van der Waals surface area contributed by atoms with Crippen LogP contribution in [0.2, 0.25) is 0 Å². The van der Waals surface area contributed by atoms with Gasteiger partial charge in [0.05, 0.1) is 0 Å². The first-order valence-corrected chi connectivity index (χ1v) is 5.40. The first-order valence-electron chi connectivity index (χ1n) is 5.40. The minimum Gasteiger partial charge on any atom is -0.406 e. The predicted molar refractivity (Wildman–Crippen MR) is 65.2 cm³/mol. The van der Waals surface area contributed by atoms with Gasteiger partial charge in [-0.2, -0.15) is 0 Å². The second-order valence-corrected chi connectivity index (χ2v) is 4.87. The van der Waals surface area contributed by atoms with E-state index in [1.807, 2.05) is 26.8 Å². The van der Waals surface area contributed by atoms with Crippen molar-refractivity contribution in [2.75, 3.05) is 0 Å². The molecule has 0 radical (unpaired) electrons. The van der Waals surface area contributed by atoms with Crippen LogP contribution in [-0.2, 0) is 9.53 Å². The summed E-state index contributed by atoms with van der Waals surface area (Å²) in [4.78, 5) is 19.8. The average Bonchev–Trinajstić information content (AvgIpc) is 2.62. The molecule has 0 aliphatic carbocycles. The smallest absolute Gasteiger partial charge is 0.363 e. The summed E-state index contributed by atoms with van der Waals surface area (Å²) in [7, 11) is 0. The third kappa shape index (κ3) is 2.58. The topological polar surface area (TPSA) is 51.5 Å². The molecule has 2 rings (SSSR count). The van der Waals surface area contributed by atoms with Crippen LogP contribution in [0, 0.1) is 5.41 Å². The Labute approximate surface area is 100 Å². The molecule has 17 heavy (non-hydrogen) atoms. The van der Waals surface area contributed by atoms with Gasteiger partial charge in [0.2, 0.25) is 5.90 Å². The highest BCUT2D eigenvalue weighted by atomic mass is 16.6. The van der Waals surface area contributed by atoms with Gasteiger partial charge in [-0.25, -0.2) is 9.79 Å². The van der Waals surface area contributed by atoms with Gasteiger partial charge >= 0.3 is 5.97 Å². The van der Waals surface area contributed by atoms with E-state index in [9.17, 15) is 4.79 Å². The Morgan fingerprint density at radius 2 is 2.12 bits per heavy atom. The summed E-state index contributed by atoms with van der Waals surface area (Å²) in [6, 6.07) is 3.67. The van der Waals surface area contributed by atoms with Gasteiger partial charge in [0.25, 0.3) is 0 Å². The van der Waals surface area contributed by atoms with Crippen molar-refractivity contribution in [3.05, 3.63) is 35.8 Å². The standard InChI is InChI=1S/C13H14N2O2/c1-13(2,3)12-15-10(11(16)17-12)7-9-5-4-6-14-8-9/h4-8H,1-3H3. The maximum atomic E-state index is 11.6. The molecule has 1 aliphatic rings. The molecule has 1 aromatic rings. The van der Waals surface area contributed by atoms with E-state index >= 15 is 0 Å². The minimum absolute atomic E-state index is 0.264. The molecular formula is C13H14N2O2. The maximum Gasteiger partial charge on any atom is 0.363 e. The molecule has 0 saturated carbocycles. The lowest BCUT2D eigenvalue weighted by molar-refractivity contribution is -0.130. The molecule has 0 fully saturated rings. The first-order chi connectivity index (χ1) is 7.97. The molecule has 0 amide bonds. The molecule has 0 saturated heterocycles. The van der Waals surface area contributed by atoms with E-state index < -0.39 is 5.97 Å². The van der Waals surface area contributed by atoms with Crippen molar-refractivity contribution < 1.29 is 9.53 Å². The Kier molecular flexibility index (Phi) is 2.79. The highest BCUT2D eigenvalue weighted by Crippen LogP contribution is 2.25. The predicted octanol–water partition coefficient (Wildman–Crippen LogP) is 2.42. The molecule has 1 aromatic heterocycles. The number of cyclic esters (lactones) is 1. The summed E-state index contributed by atoms with van der Waals surface area (Å²) in [5.74, 6) is 0.0522. The number of aromatic nitrogens is 1. The number of nitrogens with zero attached hydrogens (tertiary/aromatic N) is 2. The summed E-state index contributed by atoms with van der Waals surface area (Å²) in [6.45, 7) is 5.85. The number of carbonyl (C=O) groups excluding carboxylic acids is 1. The highest BCUT2D eigenvalue weighted by Gasteiger charge is 2.31. The Bertz CT molecular complexity index is 496. The number of aliphatic imine (C=N–C) groups is 1. The third-order valence-electron chi connectivity index (χ3n) is 2.25. The molecule has 88 valence electrons. The molecule has 0 unspecified atom stereocenters. The number of ether oxygens (including phenoxy) is 1. The van der Waals surface area contributed by atoms with Crippen molar-refractivity contribution in [2.45, 2.75) is 20.8 Å². The number of carbonyl (C=O) groups is 1. The Hall–Kier alpha value is -1.97. The van der Waals surface area contributed by atoms with Gasteiger partial charge in [0.15, 0.2) is 5.70 Å². The zero-order valence-electron chi connectivity index (χ0n) is 10.1. The van der Waals surface area contributed by atoms with E-state index in [1.54, 1.807) is 24.5 Å². The number of esters is 1. The summed E-state index contributed by atoms with van der Waals surface area (Å²) in [5, 5.41) is 0. The van der Waals surface area contributed by atoms with Crippen molar-refractivity contribution in [3.63, 3.8) is 0 Å². The second kappa shape index (κ2) is 4.13. The van der Waals surface area contributed by atoms with Crippen molar-refractivity contribution in [1.82, 2.24) is 4.98 Å². The van der Waals surface area contributed by atoms with Crippen LogP contribution in [0.3, 0.4) is 0 Å². The minimum atomic E-state index is -0.404. The number of rotatable bonds is 1. The van der Waals surface area contributed by atoms with Crippen LogP contribution in [0.5, 0.6) is 0 Å². The highest BCUT2D eigenvalue weighted by molar-refractivity contribution is 6.08. The Morgan fingerprint density at radius 3 is 2.65 bits per heavy atom. The summed E-state index contributed by atoms with van der Waals surface area (Å²) in [6.07, 6.45) is 5.03. The van der Waals surface area contributed by atoms with Gasteiger partial charge < -0.3 is 4.74 Å². The molecular weight excluding hydrogens is 216 g/mol. The molecule has 0 atom stereocenters. The lowest BCUT2D eigenvalue weighted by Gasteiger charge is -2.15. The number of hydrogen-bond acceptors (Lipinski definition) is 4. The maximum absolute atomic E-state index is 11.6. The Morgan fingerprint density at radius 1 is 1.35 bits per heavy atom. The van der Waals surface area contributed by atoms with Gasteiger partial charge in [-0.05, 0) is 17.7 Å². The molecule has 0 aromatic carbocycles. The van der Waals surface area contributed by atoms with Crippen LogP contribution in [0.1, 0.15) is 26.3 Å². The first kappa shape index (κ1) is 11.5. The fraction of sp³-hybridized carbons (Fsp3) is 0.308. The summed E-state index contributed by atoms with van der Waals surface area (Å²) >= 11 is 0. The molecule has 4 nitrogen and oxygen atoms in total. The second-order valence-electron chi connectivity index (χ2n) is 4.87. The van der Waals surface area contributed by atoms with Crippen molar-refractivity contribution in [1.29, 1.82) is 0 Å². The number of hydrogen-bond donors (Lipinski definition) is 0. The van der Waals surface area contributed by atoms with E-state index in [0.29, 0.717) is 11.6 Å². The zero-order valence-corrected chi connectivity index (χ0v) is 10.1. The molecule has 0 bridgehead atoms. The lowest BCUT2D eigenvalue weighted by atomic mass is 9.97. The summed E-state index contributed by atoms with van der Waals surface area (Å²) in [5.41, 5.74) is 0.890. The van der Waals surface area contributed by atoms with Crippen molar-refractivity contribution >= 4 is 17.9 Å². The van der Waals surface area contributed by atoms with Gasteiger partial charge in [-0.1, -0.05) is 26.8 Å². The van der Waals surface area contributed by atoms with Crippen LogP contribution in [0.25, 0.3) is 6.08 Å². The molecule has 1 aliphatic heterocycles. The van der Waals surface area contributed by atoms with Gasteiger partial charge in [-0.3, -0.25) is 4.98 Å². The van der Waals surface area contributed by atoms with Gasteiger partial charge in [0.1, 0.15) is 0 Å². The quantitative estimate of drug-likeness (QED) is 0.550. The van der Waals surface area contributed by atoms with E-state index in [2.05, 4.69) is 9.98 Å². The van der Waals surface area contributed by atoms with Crippen molar-refractivity contribution in [3.8, 4) is 0 Å². The lowest BCUT2D eigenvalue weighted by Crippen LogP contribution is -2.21. The molecule has 0 N–H and O–H groups in total. The van der Waals surface area contributed by atoms with Gasteiger partial charge in [0, 0.05) is 17.8 Å². The van der Waals surface area contributed by atoms with Crippen LogP contribution in [0.4, 0.5) is 0 Å². The molecule has 4 heteroatoms. The van der Waals surface area contributed by atoms with Crippen LogP contribution >= 0.6 is 0 Å². The number of pyridine rings is 1. The normalized spacial score (nSPS) is 18.2. The monoisotopic (exact) mass is 230 g/mol. The van der Waals surface area contributed by atoms with E-state index in [0.717, 1.165) is 5.56 Å². The van der Waals surface area contributed by atoms with Gasteiger partial charge in [-0.15, -0.1) is 0 Å². The van der Waals surface area contributed by atoms with Crippen LogP contribution in [-0.4, -0.2) is 16.9 Å². The van der Waals surface area contributed by atoms with Crippen LogP contribution in [0.15, 0.2) is 35.2 Å². The fourth-order valence-corrected chi connectivity index (χ4v) is 1.35. The zero-order chi connectivity index (χ0) is 12.5. The van der Waals surface area contributed by atoms with E-state index in [1.165, 1.54) is 0 Å².